The van der Waals surface area contributed by atoms with Crippen LogP contribution in [0.1, 0.15) is 46.5 Å². The number of carbonyl (C=O) groups is 1. The van der Waals surface area contributed by atoms with Gasteiger partial charge in [-0.3, -0.25) is 4.79 Å². The fourth-order valence-electron chi connectivity index (χ4n) is 5.61. The van der Waals surface area contributed by atoms with E-state index in [9.17, 15) is 4.79 Å². The Morgan fingerprint density at radius 1 is 1.17 bits per heavy atom. The molecule has 2 bridgehead atoms. The fraction of sp³-hybridized carbons (Fsp3) is 0.762. The SMILES string of the molecule is CC(C)[C@@H]1CC[C@@H](C)CC1OCC1=C[C@H]2[C@@H](C1=O)[C@@H]1C=C[C@H]2C1. The highest BCUT2D eigenvalue weighted by Gasteiger charge is 2.51. The number of ether oxygens (including phenoxy) is 1. The van der Waals surface area contributed by atoms with Gasteiger partial charge in [0.25, 0.3) is 0 Å². The van der Waals surface area contributed by atoms with E-state index in [2.05, 4.69) is 39.0 Å². The second kappa shape index (κ2) is 5.88. The van der Waals surface area contributed by atoms with Gasteiger partial charge in [0, 0.05) is 11.5 Å². The molecule has 1 unspecified atom stereocenters. The normalized spacial score (nSPS) is 45.0. The van der Waals surface area contributed by atoms with Gasteiger partial charge in [0.1, 0.15) is 0 Å². The van der Waals surface area contributed by atoms with Gasteiger partial charge in [-0.2, -0.15) is 0 Å². The van der Waals surface area contributed by atoms with Gasteiger partial charge < -0.3 is 4.74 Å². The molecule has 0 radical (unpaired) electrons. The third-order valence-corrected chi connectivity index (χ3v) is 6.95. The van der Waals surface area contributed by atoms with E-state index in [0.29, 0.717) is 48.1 Å². The molecule has 2 fully saturated rings. The number of allylic oxidation sites excluding steroid dienone is 3. The highest BCUT2D eigenvalue weighted by atomic mass is 16.5. The molecule has 2 nitrogen and oxygen atoms in total. The zero-order chi connectivity index (χ0) is 16.1. The lowest BCUT2D eigenvalue weighted by molar-refractivity contribution is -0.120. The lowest BCUT2D eigenvalue weighted by Crippen LogP contribution is -2.35. The molecule has 0 aromatic carbocycles. The van der Waals surface area contributed by atoms with Crippen LogP contribution in [-0.2, 0) is 9.53 Å². The molecule has 4 aliphatic carbocycles. The van der Waals surface area contributed by atoms with Crippen LogP contribution >= 0.6 is 0 Å². The predicted octanol–water partition coefficient (Wildman–Crippen LogP) is 4.41. The van der Waals surface area contributed by atoms with Crippen LogP contribution in [0.2, 0.25) is 0 Å². The summed E-state index contributed by atoms with van der Waals surface area (Å²) in [5.74, 6) is 4.30. The molecule has 2 heteroatoms. The molecule has 0 aromatic heterocycles. The third-order valence-electron chi connectivity index (χ3n) is 6.95. The minimum absolute atomic E-state index is 0.245. The molecule has 0 amide bonds. The number of ketones is 1. The lowest BCUT2D eigenvalue weighted by Gasteiger charge is -2.37. The molecule has 4 rings (SSSR count). The predicted molar refractivity (Wildman–Crippen MR) is 91.9 cm³/mol. The fourth-order valence-corrected chi connectivity index (χ4v) is 5.61. The molecule has 0 saturated heterocycles. The number of carbonyl (C=O) groups excluding carboxylic acids is 1. The maximum absolute atomic E-state index is 12.7. The van der Waals surface area contributed by atoms with Crippen LogP contribution in [0.4, 0.5) is 0 Å². The Bertz CT molecular complexity index is 544. The van der Waals surface area contributed by atoms with Crippen molar-refractivity contribution in [1.82, 2.24) is 0 Å². The Hall–Kier alpha value is -0.890. The van der Waals surface area contributed by atoms with Crippen LogP contribution in [0.5, 0.6) is 0 Å². The lowest BCUT2D eigenvalue weighted by atomic mass is 9.75. The summed E-state index contributed by atoms with van der Waals surface area (Å²) in [6, 6.07) is 0. The van der Waals surface area contributed by atoms with Crippen molar-refractivity contribution in [2.24, 2.45) is 41.4 Å². The van der Waals surface area contributed by atoms with Gasteiger partial charge in [-0.25, -0.2) is 0 Å². The summed E-state index contributed by atoms with van der Waals surface area (Å²) in [6.45, 7) is 7.50. The van der Waals surface area contributed by atoms with E-state index in [1.54, 1.807) is 0 Å². The Kier molecular flexibility index (Phi) is 3.99. The Balaban J connectivity index is 1.41. The average Bonchev–Trinajstić information content (AvgIpc) is 3.18. The summed E-state index contributed by atoms with van der Waals surface area (Å²) in [4.78, 5) is 12.7. The van der Waals surface area contributed by atoms with Crippen LogP contribution in [0.25, 0.3) is 0 Å². The summed E-state index contributed by atoms with van der Waals surface area (Å²) < 4.78 is 6.33. The zero-order valence-corrected chi connectivity index (χ0v) is 14.7. The maximum Gasteiger partial charge on any atom is 0.165 e. The molecule has 126 valence electrons. The Morgan fingerprint density at radius 3 is 2.70 bits per heavy atom. The molecule has 0 spiro atoms. The summed E-state index contributed by atoms with van der Waals surface area (Å²) in [7, 11) is 0. The number of hydrogen-bond donors (Lipinski definition) is 0. The van der Waals surface area contributed by atoms with Crippen molar-refractivity contribution in [3.05, 3.63) is 23.8 Å². The first-order valence-corrected chi connectivity index (χ1v) is 9.59. The minimum Gasteiger partial charge on any atom is -0.373 e. The van der Waals surface area contributed by atoms with E-state index in [-0.39, 0.29) is 5.92 Å². The third kappa shape index (κ3) is 2.63. The highest BCUT2D eigenvalue weighted by Crippen LogP contribution is 2.53. The van der Waals surface area contributed by atoms with Crippen LogP contribution in [0, 0.1) is 41.4 Å². The molecular formula is C21H30O2. The van der Waals surface area contributed by atoms with Crippen molar-refractivity contribution in [3.8, 4) is 0 Å². The first-order valence-electron chi connectivity index (χ1n) is 9.59. The number of Topliss-reactive ketones (excluding diaryl/α,β-unsaturated/α-hetero) is 1. The van der Waals surface area contributed by atoms with Crippen LogP contribution in [0.3, 0.4) is 0 Å². The van der Waals surface area contributed by atoms with Gasteiger partial charge in [-0.05, 0) is 54.8 Å². The van der Waals surface area contributed by atoms with Crippen molar-refractivity contribution in [1.29, 1.82) is 0 Å². The van der Waals surface area contributed by atoms with Crippen LogP contribution in [-0.4, -0.2) is 18.5 Å². The largest absolute Gasteiger partial charge is 0.373 e. The van der Waals surface area contributed by atoms with Gasteiger partial charge in [0.2, 0.25) is 0 Å². The molecule has 0 aromatic rings. The molecule has 4 aliphatic rings. The van der Waals surface area contributed by atoms with Gasteiger partial charge >= 0.3 is 0 Å². The molecule has 0 heterocycles. The minimum atomic E-state index is 0.245. The summed E-state index contributed by atoms with van der Waals surface area (Å²) in [6.07, 6.45) is 12.2. The van der Waals surface area contributed by atoms with Crippen molar-refractivity contribution in [3.63, 3.8) is 0 Å². The van der Waals surface area contributed by atoms with E-state index < -0.39 is 0 Å². The van der Waals surface area contributed by atoms with Gasteiger partial charge in [-0.15, -0.1) is 0 Å². The van der Waals surface area contributed by atoms with Gasteiger partial charge in [-0.1, -0.05) is 45.4 Å². The Morgan fingerprint density at radius 2 is 1.96 bits per heavy atom. The monoisotopic (exact) mass is 314 g/mol. The van der Waals surface area contributed by atoms with Crippen molar-refractivity contribution < 1.29 is 9.53 Å². The molecule has 23 heavy (non-hydrogen) atoms. The van der Waals surface area contributed by atoms with Crippen molar-refractivity contribution in [2.75, 3.05) is 6.61 Å². The van der Waals surface area contributed by atoms with E-state index in [0.717, 1.165) is 17.9 Å². The molecular weight excluding hydrogens is 284 g/mol. The molecule has 0 N–H and O–H groups in total. The number of fused-ring (bicyclic) bond motifs is 5. The molecule has 0 aliphatic heterocycles. The van der Waals surface area contributed by atoms with E-state index in [1.165, 1.54) is 19.3 Å². The van der Waals surface area contributed by atoms with E-state index in [4.69, 9.17) is 4.74 Å². The van der Waals surface area contributed by atoms with Gasteiger partial charge in [0.15, 0.2) is 5.78 Å². The quantitative estimate of drug-likeness (QED) is 0.718. The maximum atomic E-state index is 12.7. The van der Waals surface area contributed by atoms with Crippen LogP contribution < -0.4 is 0 Å². The van der Waals surface area contributed by atoms with Crippen molar-refractivity contribution in [2.45, 2.75) is 52.6 Å². The zero-order valence-electron chi connectivity index (χ0n) is 14.7. The standard InChI is InChI=1S/C21H30O2/c1-12(2)17-7-4-13(3)8-19(17)23-11-16-10-18-14-5-6-15(9-14)20(18)21(16)22/h5-6,10,12-15,17-20H,4,7-9,11H2,1-3H3/t13-,14+,15-,17+,18-,19?,20+/m1/s1. The highest BCUT2D eigenvalue weighted by molar-refractivity contribution is 6.01. The van der Waals surface area contributed by atoms with Crippen LogP contribution in [0.15, 0.2) is 23.8 Å². The topological polar surface area (TPSA) is 26.3 Å². The van der Waals surface area contributed by atoms with E-state index >= 15 is 0 Å². The Labute approximate surface area is 140 Å². The first kappa shape index (κ1) is 15.6. The smallest absolute Gasteiger partial charge is 0.165 e. The number of hydrogen-bond acceptors (Lipinski definition) is 2. The van der Waals surface area contributed by atoms with Crippen molar-refractivity contribution >= 4 is 5.78 Å². The van der Waals surface area contributed by atoms with Gasteiger partial charge in [0.05, 0.1) is 12.7 Å². The molecule has 2 saturated carbocycles. The first-order chi connectivity index (χ1) is 11.0. The summed E-state index contributed by atoms with van der Waals surface area (Å²) in [5, 5.41) is 0. The second-order valence-electron chi connectivity index (χ2n) is 8.78. The average molecular weight is 314 g/mol. The number of rotatable bonds is 4. The van der Waals surface area contributed by atoms with E-state index in [1.807, 2.05) is 0 Å². The summed E-state index contributed by atoms with van der Waals surface area (Å²) >= 11 is 0. The second-order valence-corrected chi connectivity index (χ2v) is 8.78. The molecule has 7 atom stereocenters. The summed E-state index contributed by atoms with van der Waals surface area (Å²) in [5.41, 5.74) is 0.971.